The molecule has 0 saturated heterocycles. The molecule has 0 aliphatic carbocycles. The zero-order valence-corrected chi connectivity index (χ0v) is 14.1. The van der Waals surface area contributed by atoms with Crippen LogP contribution in [-0.4, -0.2) is 18.9 Å². The van der Waals surface area contributed by atoms with Crippen molar-refractivity contribution in [1.82, 2.24) is 0 Å². The highest BCUT2D eigenvalue weighted by molar-refractivity contribution is 9.09. The smallest absolute Gasteiger partial charge is 0.0363 e. The summed E-state index contributed by atoms with van der Waals surface area (Å²) in [4.78, 5) is 2.37. The summed E-state index contributed by atoms with van der Waals surface area (Å²) in [7, 11) is 2.20. The number of halogens is 1. The van der Waals surface area contributed by atoms with Gasteiger partial charge in [0.05, 0.1) is 0 Å². The molecular formula is C17H28BrN. The number of nitrogens with zero attached hydrogens (tertiary/aromatic N) is 1. The van der Waals surface area contributed by atoms with Crippen molar-refractivity contribution < 1.29 is 0 Å². The van der Waals surface area contributed by atoms with Gasteiger partial charge in [-0.2, -0.15) is 0 Å². The van der Waals surface area contributed by atoms with Crippen LogP contribution in [0.4, 0.5) is 5.69 Å². The van der Waals surface area contributed by atoms with Gasteiger partial charge in [-0.25, -0.2) is 0 Å². The molecule has 0 atom stereocenters. The first-order valence-corrected chi connectivity index (χ1v) is 8.70. The van der Waals surface area contributed by atoms with Crippen LogP contribution in [0.15, 0.2) is 24.3 Å². The van der Waals surface area contributed by atoms with Crippen LogP contribution in [0.2, 0.25) is 0 Å². The largest absolute Gasteiger partial charge is 0.375 e. The van der Waals surface area contributed by atoms with Crippen molar-refractivity contribution in [3.05, 3.63) is 29.8 Å². The maximum atomic E-state index is 3.48. The van der Waals surface area contributed by atoms with E-state index in [4.69, 9.17) is 0 Å². The van der Waals surface area contributed by atoms with E-state index in [0.29, 0.717) is 0 Å². The first-order valence-electron chi connectivity index (χ1n) is 7.58. The topological polar surface area (TPSA) is 3.24 Å². The van der Waals surface area contributed by atoms with Gasteiger partial charge in [0.2, 0.25) is 0 Å². The Kier molecular flexibility index (Phi) is 8.98. The van der Waals surface area contributed by atoms with Gasteiger partial charge < -0.3 is 4.90 Å². The van der Waals surface area contributed by atoms with Gasteiger partial charge in [-0.15, -0.1) is 0 Å². The minimum Gasteiger partial charge on any atom is -0.375 e. The van der Waals surface area contributed by atoms with Crippen molar-refractivity contribution >= 4 is 21.6 Å². The van der Waals surface area contributed by atoms with Crippen LogP contribution >= 0.6 is 15.9 Å². The molecule has 1 rings (SSSR count). The second-order valence-corrected chi connectivity index (χ2v) is 6.21. The van der Waals surface area contributed by atoms with Crippen LogP contribution in [-0.2, 0) is 0 Å². The molecule has 1 aromatic carbocycles. The molecule has 0 N–H and O–H groups in total. The first kappa shape index (κ1) is 16.6. The minimum absolute atomic E-state index is 1.16. The van der Waals surface area contributed by atoms with E-state index < -0.39 is 0 Å². The predicted octanol–water partition coefficient (Wildman–Crippen LogP) is 5.56. The molecule has 0 aliphatic heterocycles. The molecule has 108 valence electrons. The zero-order chi connectivity index (χ0) is 13.9. The molecule has 19 heavy (non-hydrogen) atoms. The van der Waals surface area contributed by atoms with Crippen molar-refractivity contribution in [2.75, 3.05) is 23.8 Å². The molecule has 0 aliphatic rings. The van der Waals surface area contributed by atoms with Gasteiger partial charge in [0.15, 0.2) is 0 Å². The Morgan fingerprint density at radius 2 is 1.37 bits per heavy atom. The number of anilines is 1. The zero-order valence-electron chi connectivity index (χ0n) is 12.5. The molecule has 1 nitrogen and oxygen atoms in total. The molecule has 0 amide bonds. The highest BCUT2D eigenvalue weighted by Gasteiger charge is 1.99. The van der Waals surface area contributed by atoms with E-state index in [-0.39, 0.29) is 0 Å². The highest BCUT2D eigenvalue weighted by atomic mass is 79.9. The Hall–Kier alpha value is -0.500. The van der Waals surface area contributed by atoms with Gasteiger partial charge in [0.1, 0.15) is 0 Å². The lowest BCUT2D eigenvalue weighted by Gasteiger charge is -2.19. The van der Waals surface area contributed by atoms with Crippen molar-refractivity contribution in [3.63, 3.8) is 0 Å². The lowest BCUT2D eigenvalue weighted by molar-refractivity contribution is 0.590. The minimum atomic E-state index is 1.16. The van der Waals surface area contributed by atoms with Gasteiger partial charge in [0.25, 0.3) is 0 Å². The highest BCUT2D eigenvalue weighted by Crippen LogP contribution is 2.15. The van der Waals surface area contributed by atoms with E-state index >= 15 is 0 Å². The van der Waals surface area contributed by atoms with Gasteiger partial charge in [0, 0.05) is 24.6 Å². The lowest BCUT2D eigenvalue weighted by Crippen LogP contribution is -2.18. The molecule has 0 bridgehead atoms. The van der Waals surface area contributed by atoms with Crippen molar-refractivity contribution in [3.8, 4) is 0 Å². The summed E-state index contributed by atoms with van der Waals surface area (Å²) in [5, 5.41) is 1.16. The molecule has 0 unspecified atom stereocenters. The number of alkyl halides is 1. The Bertz CT molecular complexity index is 321. The van der Waals surface area contributed by atoms with Crippen molar-refractivity contribution in [1.29, 1.82) is 0 Å². The summed E-state index contributed by atoms with van der Waals surface area (Å²) >= 11 is 3.48. The van der Waals surface area contributed by atoms with Crippen LogP contribution in [0.25, 0.3) is 0 Å². The van der Waals surface area contributed by atoms with E-state index in [1.165, 1.54) is 62.7 Å². The Morgan fingerprint density at radius 3 is 1.95 bits per heavy atom. The number of benzene rings is 1. The third-order valence-corrected chi connectivity index (χ3v) is 4.16. The SMILES string of the molecule is Cc1ccc(N(C)CCCCCCCCCBr)cc1. The second kappa shape index (κ2) is 10.3. The first-order chi connectivity index (χ1) is 9.24. The number of hydrogen-bond acceptors (Lipinski definition) is 1. The molecule has 0 heterocycles. The van der Waals surface area contributed by atoms with E-state index in [0.717, 1.165) is 5.33 Å². The molecule has 0 radical (unpaired) electrons. The normalized spacial score (nSPS) is 10.7. The number of unbranched alkanes of at least 4 members (excludes halogenated alkanes) is 6. The molecule has 2 heteroatoms. The van der Waals surface area contributed by atoms with E-state index in [2.05, 4.69) is 59.1 Å². The summed E-state index contributed by atoms with van der Waals surface area (Å²) in [5.74, 6) is 0. The molecular weight excluding hydrogens is 298 g/mol. The van der Waals surface area contributed by atoms with Crippen LogP contribution in [0.1, 0.15) is 50.5 Å². The molecule has 1 aromatic rings. The van der Waals surface area contributed by atoms with Crippen LogP contribution in [0.3, 0.4) is 0 Å². The summed E-state index contributed by atoms with van der Waals surface area (Å²) in [6.45, 7) is 3.31. The second-order valence-electron chi connectivity index (χ2n) is 5.42. The fourth-order valence-electron chi connectivity index (χ4n) is 2.26. The molecule has 0 saturated carbocycles. The number of rotatable bonds is 10. The Morgan fingerprint density at radius 1 is 0.842 bits per heavy atom. The average molecular weight is 326 g/mol. The third-order valence-electron chi connectivity index (χ3n) is 3.60. The van der Waals surface area contributed by atoms with Crippen molar-refractivity contribution in [2.45, 2.75) is 51.9 Å². The molecule has 0 fully saturated rings. The summed E-state index contributed by atoms with van der Waals surface area (Å²) in [6, 6.07) is 8.82. The quantitative estimate of drug-likeness (QED) is 0.402. The van der Waals surface area contributed by atoms with Crippen LogP contribution < -0.4 is 4.90 Å². The van der Waals surface area contributed by atoms with Crippen molar-refractivity contribution in [2.24, 2.45) is 0 Å². The lowest BCUT2D eigenvalue weighted by atomic mass is 10.1. The standard InChI is InChI=1S/C17H28BrN/c1-16-10-12-17(13-11-16)19(2)15-9-7-5-3-4-6-8-14-18/h10-13H,3-9,14-15H2,1-2H3. The maximum Gasteiger partial charge on any atom is 0.0363 e. The summed E-state index contributed by atoms with van der Waals surface area (Å²) < 4.78 is 0. The average Bonchev–Trinajstić information content (AvgIpc) is 2.42. The van der Waals surface area contributed by atoms with Gasteiger partial charge in [-0.3, -0.25) is 0 Å². The monoisotopic (exact) mass is 325 g/mol. The number of hydrogen-bond donors (Lipinski definition) is 0. The molecule has 0 spiro atoms. The Balaban J connectivity index is 2.04. The number of aryl methyl sites for hydroxylation is 1. The summed E-state index contributed by atoms with van der Waals surface area (Å²) in [6.07, 6.45) is 9.59. The van der Waals surface area contributed by atoms with Crippen LogP contribution in [0, 0.1) is 6.92 Å². The fourth-order valence-corrected chi connectivity index (χ4v) is 2.65. The predicted molar refractivity (Wildman–Crippen MR) is 90.6 cm³/mol. The van der Waals surface area contributed by atoms with E-state index in [9.17, 15) is 0 Å². The third kappa shape index (κ3) is 7.61. The summed E-state index contributed by atoms with van der Waals surface area (Å²) in [5.41, 5.74) is 2.67. The molecule has 0 aromatic heterocycles. The van der Waals surface area contributed by atoms with Gasteiger partial charge in [-0.05, 0) is 31.9 Å². The van der Waals surface area contributed by atoms with E-state index in [1.54, 1.807) is 0 Å². The van der Waals surface area contributed by atoms with Gasteiger partial charge >= 0.3 is 0 Å². The maximum absolute atomic E-state index is 3.48. The van der Waals surface area contributed by atoms with E-state index in [1.807, 2.05) is 0 Å². The fraction of sp³-hybridized carbons (Fsp3) is 0.647. The van der Waals surface area contributed by atoms with Crippen LogP contribution in [0.5, 0.6) is 0 Å². The Labute approximate surface area is 127 Å². The van der Waals surface area contributed by atoms with Gasteiger partial charge in [-0.1, -0.05) is 65.7 Å².